The first-order valence-electron chi connectivity index (χ1n) is 12.6. The van der Waals surface area contributed by atoms with Crippen LogP contribution in [-0.4, -0.2) is 53.7 Å². The zero-order chi connectivity index (χ0) is 27.0. The van der Waals surface area contributed by atoms with Gasteiger partial charge >= 0.3 is 6.03 Å². The maximum atomic E-state index is 14.7. The van der Waals surface area contributed by atoms with Crippen LogP contribution in [0.3, 0.4) is 0 Å². The van der Waals surface area contributed by atoms with Crippen LogP contribution in [0.5, 0.6) is 11.5 Å². The molecule has 2 N–H and O–H groups in total. The Labute approximate surface area is 229 Å². The van der Waals surface area contributed by atoms with Crippen molar-refractivity contribution in [1.29, 1.82) is 0 Å². The molecule has 1 aliphatic rings. The number of pyridine rings is 1. The van der Waals surface area contributed by atoms with Gasteiger partial charge in [0.05, 0.1) is 31.0 Å². The predicted octanol–water partition coefficient (Wildman–Crippen LogP) is 6.47. The summed E-state index contributed by atoms with van der Waals surface area (Å²) < 4.78 is 26.1. The monoisotopic (exact) mass is 546 g/mol. The Kier molecular flexibility index (Phi) is 8.58. The number of thiazole rings is 1. The number of anilines is 2. The van der Waals surface area contributed by atoms with Gasteiger partial charge in [0.2, 0.25) is 0 Å². The highest BCUT2D eigenvalue weighted by molar-refractivity contribution is 7.13. The Balaban J connectivity index is 1.25. The number of hydrogen-bond acceptors (Lipinski definition) is 7. The topological polar surface area (TPSA) is 93.0 Å². The summed E-state index contributed by atoms with van der Waals surface area (Å²) in [7, 11) is 0. The van der Waals surface area contributed by atoms with E-state index in [1.54, 1.807) is 36.0 Å². The summed E-state index contributed by atoms with van der Waals surface area (Å²) in [6.07, 6.45) is 6.01. The zero-order valence-electron chi connectivity index (χ0n) is 21.2. The number of aromatic nitrogens is 2. The molecule has 0 radical (unpaired) electrons. The molecule has 0 saturated carbocycles. The second kappa shape index (κ2) is 12.6. The largest absolute Gasteiger partial charge is 0.457 e. The summed E-state index contributed by atoms with van der Waals surface area (Å²) >= 11 is 1.26. The number of hydrogen-bond donors (Lipinski definition) is 2. The van der Waals surface area contributed by atoms with E-state index in [9.17, 15) is 9.18 Å². The number of morpholine rings is 1. The van der Waals surface area contributed by atoms with Crippen molar-refractivity contribution in [3.63, 3.8) is 0 Å². The molecular weight excluding hydrogens is 519 g/mol. The Morgan fingerprint density at radius 1 is 1.13 bits per heavy atom. The molecule has 9 nitrogen and oxygen atoms in total. The number of aryl methyl sites for hydroxylation is 1. The van der Waals surface area contributed by atoms with E-state index in [-0.39, 0.29) is 11.4 Å². The highest BCUT2D eigenvalue weighted by Crippen LogP contribution is 2.35. The Morgan fingerprint density at radius 3 is 2.77 bits per heavy atom. The lowest BCUT2D eigenvalue weighted by atomic mass is 10.0. The lowest BCUT2D eigenvalue weighted by Crippen LogP contribution is -2.36. The molecule has 0 bridgehead atoms. The molecule has 200 valence electrons. The zero-order valence-corrected chi connectivity index (χ0v) is 22.0. The van der Waals surface area contributed by atoms with Crippen LogP contribution >= 0.6 is 11.3 Å². The number of unbranched alkanes of at least 4 members (excludes halogenated alkanes) is 1. The maximum Gasteiger partial charge on any atom is 0.325 e. The van der Waals surface area contributed by atoms with E-state index < -0.39 is 11.8 Å². The molecule has 1 saturated heterocycles. The first kappa shape index (κ1) is 26.5. The molecule has 1 fully saturated rings. The van der Waals surface area contributed by atoms with Gasteiger partial charge in [0, 0.05) is 42.3 Å². The average molecular weight is 547 g/mol. The molecule has 5 rings (SSSR count). The van der Waals surface area contributed by atoms with Crippen LogP contribution in [0, 0.1) is 12.4 Å². The van der Waals surface area contributed by atoms with Gasteiger partial charge in [-0.05, 0) is 61.7 Å². The lowest BCUT2D eigenvalue weighted by Gasteiger charge is -2.26. The fourth-order valence-corrected chi connectivity index (χ4v) is 4.92. The lowest BCUT2D eigenvalue weighted by molar-refractivity contribution is 0.0372. The number of carbonyl (C=O) groups excluding carboxylic acids is 1. The molecular formula is C28H27FN6O3S. The van der Waals surface area contributed by atoms with Crippen molar-refractivity contribution in [3.05, 3.63) is 77.0 Å². The van der Waals surface area contributed by atoms with Crippen molar-refractivity contribution in [1.82, 2.24) is 14.9 Å². The molecule has 0 atom stereocenters. The minimum Gasteiger partial charge on any atom is -0.457 e. The van der Waals surface area contributed by atoms with Gasteiger partial charge in [0.1, 0.15) is 17.3 Å². The van der Waals surface area contributed by atoms with Gasteiger partial charge < -0.3 is 14.8 Å². The predicted molar refractivity (Wildman–Crippen MR) is 149 cm³/mol. The number of fused-ring (bicyclic) bond motifs is 1. The van der Waals surface area contributed by atoms with Crippen molar-refractivity contribution < 1.29 is 18.7 Å². The Bertz CT molecular complexity index is 1480. The number of carbonyl (C=O) groups is 1. The van der Waals surface area contributed by atoms with Crippen LogP contribution in [0.2, 0.25) is 0 Å². The van der Waals surface area contributed by atoms with Crippen LogP contribution in [0.25, 0.3) is 15.7 Å². The van der Waals surface area contributed by atoms with Crippen molar-refractivity contribution in [2.75, 3.05) is 43.5 Å². The van der Waals surface area contributed by atoms with E-state index >= 15 is 0 Å². The van der Waals surface area contributed by atoms with E-state index in [0.29, 0.717) is 27.5 Å². The highest BCUT2D eigenvalue weighted by Gasteiger charge is 2.14. The normalized spacial score (nSPS) is 13.6. The number of ether oxygens (including phenoxy) is 2. The van der Waals surface area contributed by atoms with Crippen molar-refractivity contribution >= 4 is 44.8 Å². The first-order valence-corrected chi connectivity index (χ1v) is 13.5. The quantitative estimate of drug-likeness (QED) is 0.185. The molecule has 0 spiro atoms. The summed E-state index contributed by atoms with van der Waals surface area (Å²) in [6, 6.07) is 9.01. The minimum atomic E-state index is -0.652. The fraction of sp³-hybridized carbons (Fsp3) is 0.286. The van der Waals surface area contributed by atoms with Gasteiger partial charge in [-0.1, -0.05) is 0 Å². The third-order valence-corrected chi connectivity index (χ3v) is 7.05. The third-order valence-electron chi connectivity index (χ3n) is 6.37. The van der Waals surface area contributed by atoms with Crippen LogP contribution in [0.4, 0.5) is 25.7 Å². The number of nitrogens with one attached hydrogen (secondary N) is 2. The number of nitrogens with zero attached hydrogens (tertiary/aromatic N) is 4. The summed E-state index contributed by atoms with van der Waals surface area (Å²) in [5, 5.41) is 7.81. The molecule has 4 aromatic rings. The molecule has 39 heavy (non-hydrogen) atoms. The van der Waals surface area contributed by atoms with Gasteiger partial charge in [0.15, 0.2) is 10.8 Å². The molecule has 0 aliphatic carbocycles. The van der Waals surface area contributed by atoms with Crippen molar-refractivity contribution in [3.8, 4) is 11.5 Å². The molecule has 1 aliphatic heterocycles. The summed E-state index contributed by atoms with van der Waals surface area (Å²) in [5.74, 6) is 0.0641. The second-order valence-corrected chi connectivity index (χ2v) is 9.88. The van der Waals surface area contributed by atoms with Crippen LogP contribution in [0.1, 0.15) is 18.4 Å². The average Bonchev–Trinajstić information content (AvgIpc) is 3.46. The van der Waals surface area contributed by atoms with E-state index in [1.807, 2.05) is 6.07 Å². The van der Waals surface area contributed by atoms with Gasteiger partial charge in [-0.15, -0.1) is 11.3 Å². The number of benzene rings is 2. The SMILES string of the molecule is [C-]#[N+]c1cc2c(Oc3ccc(NC(=O)Nc4nccs4)c(F)c3)ccnc2cc1CCCCN1CCOCC1. The molecule has 2 amide bonds. The summed E-state index contributed by atoms with van der Waals surface area (Å²) in [6.45, 7) is 12.3. The maximum absolute atomic E-state index is 14.7. The van der Waals surface area contributed by atoms with Gasteiger partial charge in [-0.25, -0.2) is 19.0 Å². The molecule has 0 unspecified atom stereocenters. The number of amides is 2. The number of halogens is 1. The number of urea groups is 1. The minimum absolute atomic E-state index is 0.00421. The molecule has 3 heterocycles. The van der Waals surface area contributed by atoms with E-state index in [0.717, 1.165) is 57.7 Å². The second-order valence-electron chi connectivity index (χ2n) is 8.99. The van der Waals surface area contributed by atoms with Crippen LogP contribution < -0.4 is 15.4 Å². The highest BCUT2D eigenvalue weighted by atomic mass is 32.1. The first-order chi connectivity index (χ1) is 19.1. The van der Waals surface area contributed by atoms with Crippen LogP contribution in [-0.2, 0) is 11.2 Å². The fourth-order valence-electron chi connectivity index (χ4n) is 4.39. The molecule has 11 heteroatoms. The smallest absolute Gasteiger partial charge is 0.325 e. The van der Waals surface area contributed by atoms with Crippen molar-refractivity contribution in [2.24, 2.45) is 0 Å². The molecule has 2 aromatic heterocycles. The summed E-state index contributed by atoms with van der Waals surface area (Å²) in [4.78, 5) is 26.7. The standard InChI is InChI=1S/C28H27FN6O3S/c1-30-24-18-21-25(16-19(24)4-2-3-10-35-11-13-37-14-12-35)31-8-7-26(21)38-20-5-6-23(22(29)17-20)33-27(36)34-28-32-9-15-39-28/h5-9,15-18H,2-4,10-14H2,(H2,32,33,34,36). The van der Waals surface area contributed by atoms with Gasteiger partial charge in [-0.3, -0.25) is 15.2 Å². The third kappa shape index (κ3) is 6.86. The Morgan fingerprint density at radius 2 is 2.00 bits per heavy atom. The van der Waals surface area contributed by atoms with Gasteiger partial charge in [-0.2, -0.15) is 0 Å². The van der Waals surface area contributed by atoms with Gasteiger partial charge in [0.25, 0.3) is 0 Å². The van der Waals surface area contributed by atoms with E-state index in [2.05, 4.69) is 30.3 Å². The summed E-state index contributed by atoms with van der Waals surface area (Å²) in [5.41, 5.74) is 2.23. The number of rotatable bonds is 9. The van der Waals surface area contributed by atoms with Crippen LogP contribution in [0.15, 0.2) is 54.2 Å². The van der Waals surface area contributed by atoms with Crippen molar-refractivity contribution in [2.45, 2.75) is 19.3 Å². The van der Waals surface area contributed by atoms with E-state index in [1.165, 1.54) is 23.5 Å². The molecule has 2 aromatic carbocycles. The Hall–Kier alpha value is -4.11. The van der Waals surface area contributed by atoms with E-state index in [4.69, 9.17) is 16.0 Å².